The number of nitrogens with zero attached hydrogens (tertiary/aromatic N) is 2. The molecule has 0 aliphatic carbocycles. The summed E-state index contributed by atoms with van der Waals surface area (Å²) in [5.74, 6) is 0.133. The number of amides is 1. The minimum atomic E-state index is -3.45. The van der Waals surface area contributed by atoms with E-state index in [9.17, 15) is 13.2 Å². The van der Waals surface area contributed by atoms with Crippen LogP contribution in [0.4, 0.5) is 0 Å². The van der Waals surface area contributed by atoms with Crippen LogP contribution >= 0.6 is 23.7 Å². The van der Waals surface area contributed by atoms with Crippen LogP contribution in [0.25, 0.3) is 0 Å². The van der Waals surface area contributed by atoms with Gasteiger partial charge in [0.05, 0.1) is 4.90 Å². The standard InChI is InChI=1S/C16H25N3O3S2.ClH/c1-12-10-15(13(2)23-12)24(21,22)19-8-6-18(7-9-19)16(20)11-14-4-3-5-17-14;/h10,14,17H,3-9,11H2,1-2H3;1H. The van der Waals surface area contributed by atoms with Crippen LogP contribution < -0.4 is 5.32 Å². The Labute approximate surface area is 160 Å². The molecule has 2 aliphatic heterocycles. The Bertz CT molecular complexity index is 706. The fraction of sp³-hybridized carbons (Fsp3) is 0.688. The van der Waals surface area contributed by atoms with Crippen LogP contribution in [0.15, 0.2) is 11.0 Å². The van der Waals surface area contributed by atoms with Gasteiger partial charge in [0.15, 0.2) is 0 Å². The van der Waals surface area contributed by atoms with Crippen molar-refractivity contribution in [3.8, 4) is 0 Å². The maximum Gasteiger partial charge on any atom is 0.244 e. The minimum absolute atomic E-state index is 0. The number of thiophene rings is 1. The molecule has 2 saturated heterocycles. The second-order valence-electron chi connectivity index (χ2n) is 6.56. The summed E-state index contributed by atoms with van der Waals surface area (Å²) in [7, 11) is -3.45. The highest BCUT2D eigenvalue weighted by Crippen LogP contribution is 2.28. The van der Waals surface area contributed by atoms with Crippen LogP contribution in [-0.2, 0) is 14.8 Å². The summed E-state index contributed by atoms with van der Waals surface area (Å²) in [4.78, 5) is 16.4. The molecular weight excluding hydrogens is 382 g/mol. The molecule has 3 rings (SSSR count). The predicted molar refractivity (Wildman–Crippen MR) is 102 cm³/mol. The first-order valence-corrected chi connectivity index (χ1v) is 10.7. The molecule has 0 saturated carbocycles. The number of nitrogens with one attached hydrogen (secondary N) is 1. The molecule has 1 aromatic rings. The number of sulfonamides is 1. The fourth-order valence-electron chi connectivity index (χ4n) is 3.45. The molecule has 1 aromatic heterocycles. The molecule has 0 aromatic carbocycles. The van der Waals surface area contributed by atoms with Gasteiger partial charge in [0, 0.05) is 48.4 Å². The predicted octanol–water partition coefficient (Wildman–Crippen LogP) is 1.76. The summed E-state index contributed by atoms with van der Waals surface area (Å²) in [5.41, 5.74) is 0. The van der Waals surface area contributed by atoms with Crippen LogP contribution in [0.1, 0.15) is 29.0 Å². The van der Waals surface area contributed by atoms with Crippen molar-refractivity contribution < 1.29 is 13.2 Å². The SMILES string of the molecule is Cc1cc(S(=O)(=O)N2CCN(C(=O)CC3CCCN3)CC2)c(C)s1.Cl. The lowest BCUT2D eigenvalue weighted by molar-refractivity contribution is -0.132. The number of halogens is 1. The van der Waals surface area contributed by atoms with E-state index in [2.05, 4.69) is 5.32 Å². The highest BCUT2D eigenvalue weighted by atomic mass is 35.5. The van der Waals surface area contributed by atoms with E-state index in [1.807, 2.05) is 13.8 Å². The summed E-state index contributed by atoms with van der Waals surface area (Å²) in [5, 5.41) is 3.34. The van der Waals surface area contributed by atoms with E-state index in [1.54, 1.807) is 11.0 Å². The zero-order valence-corrected chi connectivity index (χ0v) is 17.1. The first-order chi connectivity index (χ1) is 11.4. The van der Waals surface area contributed by atoms with Gasteiger partial charge in [0.25, 0.3) is 0 Å². The monoisotopic (exact) mass is 407 g/mol. The lowest BCUT2D eigenvalue weighted by atomic mass is 10.1. The second-order valence-corrected chi connectivity index (χ2v) is 9.93. The molecule has 1 unspecified atom stereocenters. The summed E-state index contributed by atoms with van der Waals surface area (Å²) in [6, 6.07) is 2.04. The number of carbonyl (C=O) groups excluding carboxylic acids is 1. The van der Waals surface area contributed by atoms with Crippen LogP contribution in [0.3, 0.4) is 0 Å². The van der Waals surface area contributed by atoms with E-state index in [4.69, 9.17) is 0 Å². The van der Waals surface area contributed by atoms with Gasteiger partial charge in [0.1, 0.15) is 0 Å². The number of carbonyl (C=O) groups is 1. The molecule has 25 heavy (non-hydrogen) atoms. The third-order valence-corrected chi connectivity index (χ3v) is 7.91. The zero-order valence-electron chi connectivity index (χ0n) is 14.7. The van der Waals surface area contributed by atoms with Gasteiger partial charge in [-0.15, -0.1) is 23.7 Å². The van der Waals surface area contributed by atoms with Gasteiger partial charge in [0.2, 0.25) is 15.9 Å². The topological polar surface area (TPSA) is 69.7 Å². The van der Waals surface area contributed by atoms with Crippen LogP contribution in [0.5, 0.6) is 0 Å². The van der Waals surface area contributed by atoms with E-state index < -0.39 is 10.0 Å². The summed E-state index contributed by atoms with van der Waals surface area (Å²) < 4.78 is 27.1. The Morgan fingerprint density at radius 2 is 1.96 bits per heavy atom. The van der Waals surface area contributed by atoms with Crippen LogP contribution in [-0.4, -0.2) is 62.3 Å². The lowest BCUT2D eigenvalue weighted by Gasteiger charge is -2.34. The molecule has 1 amide bonds. The molecule has 2 fully saturated rings. The van der Waals surface area contributed by atoms with Crippen molar-refractivity contribution in [1.29, 1.82) is 0 Å². The van der Waals surface area contributed by atoms with Crippen LogP contribution in [0.2, 0.25) is 0 Å². The Morgan fingerprint density at radius 1 is 1.28 bits per heavy atom. The Kier molecular flexibility index (Phi) is 6.89. The molecule has 1 N–H and O–H groups in total. The van der Waals surface area contributed by atoms with Gasteiger partial charge < -0.3 is 10.2 Å². The quantitative estimate of drug-likeness (QED) is 0.825. The average Bonchev–Trinajstić information content (AvgIpc) is 3.17. The van der Waals surface area contributed by atoms with Crippen molar-refractivity contribution in [2.45, 2.75) is 44.0 Å². The normalized spacial score (nSPS) is 22.0. The molecule has 6 nitrogen and oxygen atoms in total. The molecule has 9 heteroatoms. The van der Waals surface area contributed by atoms with E-state index in [1.165, 1.54) is 15.6 Å². The molecule has 0 radical (unpaired) electrons. The van der Waals surface area contributed by atoms with Gasteiger partial charge >= 0.3 is 0 Å². The zero-order chi connectivity index (χ0) is 17.3. The number of hydrogen-bond donors (Lipinski definition) is 1. The molecule has 2 aliphatic rings. The van der Waals surface area contributed by atoms with Crippen molar-refractivity contribution in [1.82, 2.24) is 14.5 Å². The molecule has 0 bridgehead atoms. The highest BCUT2D eigenvalue weighted by Gasteiger charge is 2.32. The second kappa shape index (κ2) is 8.35. The summed E-state index contributed by atoms with van der Waals surface area (Å²) >= 11 is 1.51. The van der Waals surface area contributed by atoms with E-state index in [0.717, 1.165) is 29.1 Å². The Balaban J connectivity index is 0.00000225. The van der Waals surface area contributed by atoms with E-state index >= 15 is 0 Å². The maximum absolute atomic E-state index is 12.8. The van der Waals surface area contributed by atoms with Crippen molar-refractivity contribution in [2.24, 2.45) is 0 Å². The molecule has 0 spiro atoms. The van der Waals surface area contributed by atoms with E-state index in [0.29, 0.717) is 37.5 Å². The summed E-state index contributed by atoms with van der Waals surface area (Å²) in [6.45, 7) is 6.47. The lowest BCUT2D eigenvalue weighted by Crippen LogP contribution is -2.51. The first kappa shape index (κ1) is 20.6. The summed E-state index contributed by atoms with van der Waals surface area (Å²) in [6.07, 6.45) is 2.70. The molecule has 142 valence electrons. The fourth-order valence-corrected chi connectivity index (χ4v) is 6.40. The third-order valence-electron chi connectivity index (χ3n) is 4.79. The minimum Gasteiger partial charge on any atom is -0.340 e. The highest BCUT2D eigenvalue weighted by molar-refractivity contribution is 7.89. The first-order valence-electron chi connectivity index (χ1n) is 8.46. The van der Waals surface area contributed by atoms with Crippen molar-refractivity contribution in [2.75, 3.05) is 32.7 Å². The Hall–Kier alpha value is -0.670. The number of hydrogen-bond acceptors (Lipinski definition) is 5. The van der Waals surface area contributed by atoms with E-state index in [-0.39, 0.29) is 24.4 Å². The third kappa shape index (κ3) is 4.54. The Morgan fingerprint density at radius 3 is 2.48 bits per heavy atom. The van der Waals surface area contributed by atoms with Gasteiger partial charge in [-0.1, -0.05) is 0 Å². The average molecular weight is 408 g/mol. The van der Waals surface area contributed by atoms with Gasteiger partial charge in [-0.25, -0.2) is 8.42 Å². The number of aryl methyl sites for hydroxylation is 2. The molecule has 3 heterocycles. The smallest absolute Gasteiger partial charge is 0.244 e. The number of rotatable bonds is 4. The number of piperazine rings is 1. The molecular formula is C16H26ClN3O3S2. The van der Waals surface area contributed by atoms with Crippen LogP contribution in [0, 0.1) is 13.8 Å². The van der Waals surface area contributed by atoms with Gasteiger partial charge in [-0.05, 0) is 39.3 Å². The molecule has 1 atom stereocenters. The largest absolute Gasteiger partial charge is 0.340 e. The van der Waals surface area contributed by atoms with Crippen molar-refractivity contribution in [3.63, 3.8) is 0 Å². The van der Waals surface area contributed by atoms with Gasteiger partial charge in [-0.3, -0.25) is 4.79 Å². The van der Waals surface area contributed by atoms with Crippen molar-refractivity contribution in [3.05, 3.63) is 15.8 Å². The van der Waals surface area contributed by atoms with Gasteiger partial charge in [-0.2, -0.15) is 4.31 Å². The maximum atomic E-state index is 12.8. The van der Waals surface area contributed by atoms with Crippen molar-refractivity contribution >= 4 is 39.7 Å².